The maximum atomic E-state index is 5.13. The molecular formula is C21H33NO. The molecule has 0 amide bonds. The highest BCUT2D eigenvalue weighted by molar-refractivity contribution is 5.24. The Labute approximate surface area is 142 Å². The quantitative estimate of drug-likeness (QED) is 0.396. The number of hydrogen-bond donors (Lipinski definition) is 0. The second kappa shape index (κ2) is 12.0. The normalized spacial score (nSPS) is 12.1. The zero-order valence-electron chi connectivity index (χ0n) is 15.3. The van der Waals surface area contributed by atoms with Crippen LogP contribution in [0.15, 0.2) is 48.2 Å². The number of aryl methyl sites for hydroxylation is 1. The summed E-state index contributed by atoms with van der Waals surface area (Å²) in [4.78, 5) is 2.48. The lowest BCUT2D eigenvalue weighted by Gasteiger charge is -2.26. The predicted molar refractivity (Wildman–Crippen MR) is 101 cm³/mol. The third-order valence-electron chi connectivity index (χ3n) is 3.99. The van der Waals surface area contributed by atoms with Crippen molar-refractivity contribution < 1.29 is 4.74 Å². The van der Waals surface area contributed by atoms with Crippen LogP contribution in [0.25, 0.3) is 0 Å². The maximum Gasteiger partial charge on any atom is 0.0647 e. The van der Waals surface area contributed by atoms with Crippen LogP contribution in [-0.4, -0.2) is 25.2 Å². The van der Waals surface area contributed by atoms with Crippen LogP contribution in [0.5, 0.6) is 0 Å². The molecule has 1 aromatic rings. The lowest BCUT2D eigenvalue weighted by molar-refractivity contribution is 0.233. The summed E-state index contributed by atoms with van der Waals surface area (Å²) in [5.41, 5.74) is 3.96. The van der Waals surface area contributed by atoms with Gasteiger partial charge in [0.15, 0.2) is 0 Å². The summed E-state index contributed by atoms with van der Waals surface area (Å²) in [6.45, 7) is 9.23. The molecule has 0 unspecified atom stereocenters. The van der Waals surface area contributed by atoms with Gasteiger partial charge in [0.1, 0.15) is 0 Å². The van der Waals surface area contributed by atoms with E-state index in [1.54, 1.807) is 7.11 Å². The number of hydrogen-bond acceptors (Lipinski definition) is 2. The number of benzene rings is 1. The molecule has 23 heavy (non-hydrogen) atoms. The average molecular weight is 316 g/mol. The maximum absolute atomic E-state index is 5.13. The molecule has 0 bridgehead atoms. The van der Waals surface area contributed by atoms with E-state index < -0.39 is 0 Å². The number of allylic oxidation sites excluding steroid dienone is 2. The summed E-state index contributed by atoms with van der Waals surface area (Å²) in [6, 6.07) is 8.86. The van der Waals surface area contributed by atoms with E-state index in [1.807, 2.05) is 0 Å². The van der Waals surface area contributed by atoms with Crippen molar-refractivity contribution in [3.8, 4) is 0 Å². The van der Waals surface area contributed by atoms with Gasteiger partial charge >= 0.3 is 0 Å². The van der Waals surface area contributed by atoms with Crippen LogP contribution in [0, 0.1) is 6.92 Å². The minimum Gasteiger partial charge on any atom is -0.381 e. The van der Waals surface area contributed by atoms with E-state index in [2.05, 4.69) is 68.2 Å². The van der Waals surface area contributed by atoms with Crippen LogP contribution in [0.2, 0.25) is 0 Å². The summed E-state index contributed by atoms with van der Waals surface area (Å²) in [5, 5.41) is 0. The molecular weight excluding hydrogens is 282 g/mol. The molecule has 0 N–H and O–H groups in total. The zero-order valence-corrected chi connectivity index (χ0v) is 15.3. The fourth-order valence-electron chi connectivity index (χ4n) is 2.59. The third-order valence-corrected chi connectivity index (χ3v) is 3.99. The Bertz CT molecular complexity index is 473. The van der Waals surface area contributed by atoms with E-state index >= 15 is 0 Å². The lowest BCUT2D eigenvalue weighted by atomic mass is 10.1. The lowest BCUT2D eigenvalue weighted by Crippen LogP contribution is -2.23. The molecule has 0 aliphatic rings. The van der Waals surface area contributed by atoms with Gasteiger partial charge in [-0.2, -0.15) is 0 Å². The minimum atomic E-state index is 0.658. The Balaban J connectivity index is 2.75. The van der Waals surface area contributed by atoms with Crippen molar-refractivity contribution in [3.63, 3.8) is 0 Å². The van der Waals surface area contributed by atoms with Gasteiger partial charge in [-0.15, -0.1) is 0 Å². The van der Waals surface area contributed by atoms with Crippen LogP contribution in [0.3, 0.4) is 0 Å². The van der Waals surface area contributed by atoms with Gasteiger partial charge in [-0.1, -0.05) is 68.2 Å². The Morgan fingerprint density at radius 2 is 1.87 bits per heavy atom. The van der Waals surface area contributed by atoms with Crippen molar-refractivity contribution in [2.45, 2.75) is 53.0 Å². The van der Waals surface area contributed by atoms with Crippen LogP contribution in [-0.2, 0) is 11.3 Å². The van der Waals surface area contributed by atoms with E-state index in [1.165, 1.54) is 42.5 Å². The number of methoxy groups -OCH3 is 1. The first-order chi connectivity index (χ1) is 11.2. The van der Waals surface area contributed by atoms with Crippen molar-refractivity contribution in [2.24, 2.45) is 0 Å². The molecule has 2 nitrogen and oxygen atoms in total. The Morgan fingerprint density at radius 3 is 2.48 bits per heavy atom. The highest BCUT2D eigenvalue weighted by atomic mass is 16.5. The SMILES string of the molecule is C/C=C(\C=C/COC)N(CCCCCC)Cc1ccc(C)cc1. The first kappa shape index (κ1) is 19.5. The topological polar surface area (TPSA) is 12.5 Å². The monoisotopic (exact) mass is 315 g/mol. The van der Waals surface area contributed by atoms with Gasteiger partial charge in [-0.3, -0.25) is 0 Å². The number of unbranched alkanes of at least 4 members (excludes halogenated alkanes) is 3. The van der Waals surface area contributed by atoms with E-state index in [4.69, 9.17) is 4.74 Å². The molecule has 0 saturated carbocycles. The smallest absolute Gasteiger partial charge is 0.0647 e. The molecule has 1 aromatic carbocycles. The molecule has 0 heterocycles. The fraction of sp³-hybridized carbons (Fsp3) is 0.524. The molecule has 0 radical (unpaired) electrons. The number of rotatable bonds is 11. The largest absolute Gasteiger partial charge is 0.381 e. The van der Waals surface area contributed by atoms with Crippen LogP contribution >= 0.6 is 0 Å². The Kier molecular flexibility index (Phi) is 10.1. The summed E-state index contributed by atoms with van der Waals surface area (Å²) in [6.07, 6.45) is 11.6. The van der Waals surface area contributed by atoms with E-state index in [0.29, 0.717) is 6.61 Å². The van der Waals surface area contributed by atoms with E-state index in [-0.39, 0.29) is 0 Å². The molecule has 0 aliphatic heterocycles. The van der Waals surface area contributed by atoms with Gasteiger partial charge in [0, 0.05) is 25.9 Å². The fourth-order valence-corrected chi connectivity index (χ4v) is 2.59. The molecule has 0 aliphatic carbocycles. The van der Waals surface area contributed by atoms with E-state index in [9.17, 15) is 0 Å². The van der Waals surface area contributed by atoms with Crippen molar-refractivity contribution >= 4 is 0 Å². The molecule has 128 valence electrons. The predicted octanol–water partition coefficient (Wildman–Crippen LogP) is 5.48. The average Bonchev–Trinajstić information content (AvgIpc) is 2.57. The summed E-state index contributed by atoms with van der Waals surface area (Å²) < 4.78 is 5.13. The highest BCUT2D eigenvalue weighted by Gasteiger charge is 2.07. The zero-order chi connectivity index (χ0) is 16.9. The third kappa shape index (κ3) is 8.03. The van der Waals surface area contributed by atoms with Crippen molar-refractivity contribution in [1.82, 2.24) is 4.90 Å². The van der Waals surface area contributed by atoms with Gasteiger partial charge < -0.3 is 9.64 Å². The Morgan fingerprint density at radius 1 is 1.13 bits per heavy atom. The second-order valence-corrected chi connectivity index (χ2v) is 6.04. The van der Waals surface area contributed by atoms with Crippen LogP contribution < -0.4 is 0 Å². The van der Waals surface area contributed by atoms with Gasteiger partial charge in [-0.25, -0.2) is 0 Å². The first-order valence-electron chi connectivity index (χ1n) is 8.83. The molecule has 0 spiro atoms. The molecule has 2 heteroatoms. The summed E-state index contributed by atoms with van der Waals surface area (Å²) in [5.74, 6) is 0. The summed E-state index contributed by atoms with van der Waals surface area (Å²) in [7, 11) is 1.73. The second-order valence-electron chi connectivity index (χ2n) is 6.04. The highest BCUT2D eigenvalue weighted by Crippen LogP contribution is 2.15. The Hall–Kier alpha value is -1.54. The van der Waals surface area contributed by atoms with Crippen molar-refractivity contribution in [1.29, 1.82) is 0 Å². The van der Waals surface area contributed by atoms with Gasteiger partial charge in [0.05, 0.1) is 6.61 Å². The standard InChI is InChI=1S/C21H33NO/c1-5-7-8-9-16-22(21(6-2)11-10-17-23-4)18-20-14-12-19(3)13-15-20/h6,10-15H,5,7-9,16-18H2,1-4H3/b11-10-,21-6+. The van der Waals surface area contributed by atoms with Crippen LogP contribution in [0.1, 0.15) is 50.7 Å². The van der Waals surface area contributed by atoms with Crippen molar-refractivity contribution in [3.05, 3.63) is 59.3 Å². The number of nitrogens with zero attached hydrogens (tertiary/aromatic N) is 1. The van der Waals surface area contributed by atoms with Gasteiger partial charge in [-0.05, 0) is 31.9 Å². The minimum absolute atomic E-state index is 0.658. The van der Waals surface area contributed by atoms with Crippen molar-refractivity contribution in [2.75, 3.05) is 20.3 Å². The first-order valence-corrected chi connectivity index (χ1v) is 8.83. The van der Waals surface area contributed by atoms with Crippen LogP contribution in [0.4, 0.5) is 0 Å². The molecule has 0 atom stereocenters. The van der Waals surface area contributed by atoms with Gasteiger partial charge in [0.2, 0.25) is 0 Å². The summed E-state index contributed by atoms with van der Waals surface area (Å²) >= 11 is 0. The molecule has 0 saturated heterocycles. The van der Waals surface area contributed by atoms with E-state index in [0.717, 1.165) is 13.1 Å². The molecule has 0 fully saturated rings. The van der Waals surface area contributed by atoms with Gasteiger partial charge in [0.25, 0.3) is 0 Å². The molecule has 0 aromatic heterocycles. The molecule has 1 rings (SSSR count). The number of ether oxygens (including phenoxy) is 1.